The number of hydrogen-bond acceptors (Lipinski definition) is 3. The largest absolute Gasteiger partial charge is 0.293 e. The summed E-state index contributed by atoms with van der Waals surface area (Å²) in [6.45, 7) is 0. The van der Waals surface area contributed by atoms with Crippen LogP contribution in [0.4, 0.5) is 0 Å². The Morgan fingerprint density at radius 1 is 1.16 bits per heavy atom. The first-order valence-corrected chi connectivity index (χ1v) is 6.65. The smallest absolute Gasteiger partial charge is 0.270 e. The zero-order valence-corrected chi connectivity index (χ0v) is 10.6. The molecule has 0 unspecified atom stereocenters. The first kappa shape index (κ1) is 12.1. The Balaban J connectivity index is 1.70. The number of nitrogens with one attached hydrogen (secondary N) is 1. The van der Waals surface area contributed by atoms with Gasteiger partial charge in [0.1, 0.15) is 5.69 Å². The first-order chi connectivity index (χ1) is 9.33. The zero-order valence-electron chi connectivity index (χ0n) is 10.6. The van der Waals surface area contributed by atoms with Crippen LogP contribution in [0.1, 0.15) is 36.2 Å². The Kier molecular flexibility index (Phi) is 3.42. The Labute approximate surface area is 111 Å². The summed E-state index contributed by atoms with van der Waals surface area (Å²) in [4.78, 5) is 21.7. The van der Waals surface area contributed by atoms with Crippen molar-refractivity contribution in [2.45, 2.75) is 31.8 Å². The third-order valence-corrected chi connectivity index (χ3v) is 3.45. The minimum Gasteiger partial charge on any atom is -0.270 e. The van der Waals surface area contributed by atoms with Crippen molar-refractivity contribution < 1.29 is 9.63 Å². The van der Waals surface area contributed by atoms with Crippen LogP contribution in [0.5, 0.6) is 0 Å². The van der Waals surface area contributed by atoms with Crippen molar-refractivity contribution in [3.8, 4) is 0 Å². The van der Waals surface area contributed by atoms with Gasteiger partial charge < -0.3 is 0 Å². The summed E-state index contributed by atoms with van der Waals surface area (Å²) < 4.78 is 0. The van der Waals surface area contributed by atoms with Crippen molar-refractivity contribution in [2.75, 3.05) is 0 Å². The van der Waals surface area contributed by atoms with E-state index in [2.05, 4.69) is 10.5 Å². The summed E-state index contributed by atoms with van der Waals surface area (Å²) in [6.07, 6.45) is 4.55. The lowest BCUT2D eigenvalue weighted by Crippen LogP contribution is -2.28. The highest BCUT2D eigenvalue weighted by molar-refractivity contribution is 5.94. The van der Waals surface area contributed by atoms with E-state index in [9.17, 15) is 4.79 Å². The van der Waals surface area contributed by atoms with Gasteiger partial charge in [-0.15, -0.1) is 0 Å². The molecule has 1 aliphatic rings. The highest BCUT2D eigenvalue weighted by atomic mass is 16.7. The van der Waals surface area contributed by atoms with Gasteiger partial charge in [0, 0.05) is 5.39 Å². The van der Waals surface area contributed by atoms with Crippen LogP contribution in [0.25, 0.3) is 10.9 Å². The van der Waals surface area contributed by atoms with E-state index < -0.39 is 0 Å². The van der Waals surface area contributed by atoms with Crippen LogP contribution in [0.2, 0.25) is 0 Å². The molecule has 0 aliphatic heterocycles. The summed E-state index contributed by atoms with van der Waals surface area (Å²) in [6, 6.07) is 11.3. The number of carbonyl (C=O) groups excluding carboxylic acids is 1. The van der Waals surface area contributed by atoms with Crippen molar-refractivity contribution >= 4 is 16.8 Å². The molecule has 19 heavy (non-hydrogen) atoms. The number of aromatic nitrogens is 1. The fourth-order valence-corrected chi connectivity index (χ4v) is 2.39. The second-order valence-corrected chi connectivity index (χ2v) is 4.84. The molecule has 1 heterocycles. The molecule has 0 atom stereocenters. The van der Waals surface area contributed by atoms with E-state index in [1.807, 2.05) is 30.3 Å². The number of amides is 1. The lowest BCUT2D eigenvalue weighted by molar-refractivity contribution is -0.0127. The van der Waals surface area contributed by atoms with Gasteiger partial charge in [-0.3, -0.25) is 9.63 Å². The number of rotatable bonds is 3. The number of hydrogen-bond donors (Lipinski definition) is 1. The molecule has 4 heteroatoms. The monoisotopic (exact) mass is 256 g/mol. The van der Waals surface area contributed by atoms with Crippen LogP contribution in [-0.4, -0.2) is 17.0 Å². The fraction of sp³-hybridized carbons (Fsp3) is 0.333. The molecule has 1 aromatic heterocycles. The van der Waals surface area contributed by atoms with E-state index in [4.69, 9.17) is 4.84 Å². The maximum absolute atomic E-state index is 11.9. The number of fused-ring (bicyclic) bond motifs is 1. The maximum atomic E-state index is 11.9. The molecule has 1 saturated carbocycles. The highest BCUT2D eigenvalue weighted by Gasteiger charge is 2.17. The Morgan fingerprint density at radius 3 is 2.79 bits per heavy atom. The second-order valence-electron chi connectivity index (χ2n) is 4.84. The molecule has 3 rings (SSSR count). The maximum Gasteiger partial charge on any atom is 0.293 e. The molecule has 1 aliphatic carbocycles. The minimum atomic E-state index is -0.280. The van der Waals surface area contributed by atoms with Crippen LogP contribution in [0, 0.1) is 0 Å². The lowest BCUT2D eigenvalue weighted by Gasteiger charge is -2.11. The van der Waals surface area contributed by atoms with Gasteiger partial charge in [0.25, 0.3) is 5.91 Å². The molecule has 1 amide bonds. The number of benzene rings is 1. The van der Waals surface area contributed by atoms with E-state index in [0.29, 0.717) is 5.69 Å². The van der Waals surface area contributed by atoms with Crippen molar-refractivity contribution in [3.05, 3.63) is 42.1 Å². The molecular formula is C15H16N2O2. The number of para-hydroxylation sites is 1. The third kappa shape index (κ3) is 2.74. The molecule has 0 bridgehead atoms. The predicted molar refractivity (Wildman–Crippen MR) is 72.6 cm³/mol. The molecule has 2 aromatic rings. The van der Waals surface area contributed by atoms with E-state index in [1.165, 1.54) is 12.8 Å². The minimum absolute atomic E-state index is 0.157. The van der Waals surface area contributed by atoms with Crippen molar-refractivity contribution in [1.29, 1.82) is 0 Å². The quantitative estimate of drug-likeness (QED) is 0.859. The number of carbonyl (C=O) groups is 1. The molecule has 0 spiro atoms. The molecular weight excluding hydrogens is 240 g/mol. The van der Waals surface area contributed by atoms with Gasteiger partial charge in [0.05, 0.1) is 11.6 Å². The molecule has 0 radical (unpaired) electrons. The van der Waals surface area contributed by atoms with Crippen LogP contribution in [0.3, 0.4) is 0 Å². The lowest BCUT2D eigenvalue weighted by atomic mass is 10.2. The van der Waals surface area contributed by atoms with Gasteiger partial charge in [0.2, 0.25) is 0 Å². The zero-order chi connectivity index (χ0) is 13.1. The van der Waals surface area contributed by atoms with E-state index in [0.717, 1.165) is 23.7 Å². The molecule has 1 aromatic carbocycles. The first-order valence-electron chi connectivity index (χ1n) is 6.65. The van der Waals surface area contributed by atoms with Gasteiger partial charge in [-0.2, -0.15) is 0 Å². The Bertz CT molecular complexity index is 591. The van der Waals surface area contributed by atoms with Gasteiger partial charge in [-0.05, 0) is 25.0 Å². The van der Waals surface area contributed by atoms with E-state index in [1.54, 1.807) is 6.07 Å². The Morgan fingerprint density at radius 2 is 1.95 bits per heavy atom. The third-order valence-electron chi connectivity index (χ3n) is 3.45. The summed E-state index contributed by atoms with van der Waals surface area (Å²) in [5.74, 6) is -0.280. The predicted octanol–water partition coefficient (Wildman–Crippen LogP) is 2.84. The van der Waals surface area contributed by atoms with Crippen LogP contribution in [0.15, 0.2) is 36.4 Å². The summed E-state index contributed by atoms with van der Waals surface area (Å²) in [7, 11) is 0. The SMILES string of the molecule is O=C(NOC1CCCC1)c1ccc2ccccc2n1. The van der Waals surface area contributed by atoms with Gasteiger partial charge in [-0.1, -0.05) is 37.1 Å². The van der Waals surface area contributed by atoms with Crippen molar-refractivity contribution in [3.63, 3.8) is 0 Å². The van der Waals surface area contributed by atoms with E-state index in [-0.39, 0.29) is 12.0 Å². The summed E-state index contributed by atoms with van der Waals surface area (Å²) in [5, 5.41) is 1.02. The Hall–Kier alpha value is -1.94. The van der Waals surface area contributed by atoms with Gasteiger partial charge >= 0.3 is 0 Å². The molecule has 4 nitrogen and oxygen atoms in total. The van der Waals surface area contributed by atoms with E-state index >= 15 is 0 Å². The molecule has 1 N–H and O–H groups in total. The number of nitrogens with zero attached hydrogens (tertiary/aromatic N) is 1. The standard InChI is InChI=1S/C15H16N2O2/c18-15(17-19-12-6-2-3-7-12)14-10-9-11-5-1-4-8-13(11)16-14/h1,4-5,8-10,12H,2-3,6-7H2,(H,17,18). The molecule has 1 fully saturated rings. The summed E-state index contributed by atoms with van der Waals surface area (Å²) >= 11 is 0. The van der Waals surface area contributed by atoms with Crippen molar-refractivity contribution in [2.24, 2.45) is 0 Å². The fourth-order valence-electron chi connectivity index (χ4n) is 2.39. The average molecular weight is 256 g/mol. The van der Waals surface area contributed by atoms with Crippen LogP contribution < -0.4 is 5.48 Å². The number of pyridine rings is 1. The molecule has 0 saturated heterocycles. The summed E-state index contributed by atoms with van der Waals surface area (Å²) in [5.41, 5.74) is 3.71. The normalized spacial score (nSPS) is 15.8. The van der Waals surface area contributed by atoms with Crippen LogP contribution >= 0.6 is 0 Å². The topological polar surface area (TPSA) is 51.2 Å². The number of hydroxylamine groups is 1. The van der Waals surface area contributed by atoms with Crippen LogP contribution in [-0.2, 0) is 4.84 Å². The van der Waals surface area contributed by atoms with Gasteiger partial charge in [-0.25, -0.2) is 10.5 Å². The second kappa shape index (κ2) is 5.36. The molecule has 98 valence electrons. The van der Waals surface area contributed by atoms with Crippen molar-refractivity contribution in [1.82, 2.24) is 10.5 Å². The van der Waals surface area contributed by atoms with Gasteiger partial charge in [0.15, 0.2) is 0 Å². The average Bonchev–Trinajstić information content (AvgIpc) is 2.97. The highest BCUT2D eigenvalue weighted by Crippen LogP contribution is 2.20.